The van der Waals surface area contributed by atoms with Crippen molar-refractivity contribution < 1.29 is 9.59 Å². The first-order chi connectivity index (χ1) is 11.7. The molecule has 1 aliphatic rings. The number of nitrogens with zero attached hydrogens (tertiary/aromatic N) is 1. The molecule has 1 heterocycles. The van der Waals surface area contributed by atoms with Crippen molar-refractivity contribution in [2.24, 2.45) is 0 Å². The summed E-state index contributed by atoms with van der Waals surface area (Å²) >= 11 is 1.53. The zero-order valence-electron chi connectivity index (χ0n) is 13.6. The highest BCUT2D eigenvalue weighted by molar-refractivity contribution is 8.00. The van der Waals surface area contributed by atoms with Gasteiger partial charge in [-0.3, -0.25) is 9.59 Å². The second kappa shape index (κ2) is 7.53. The summed E-state index contributed by atoms with van der Waals surface area (Å²) < 4.78 is 0. The Morgan fingerprint density at radius 1 is 1.17 bits per heavy atom. The number of hydrogen-bond acceptors (Lipinski definition) is 3. The average Bonchev–Trinajstić information content (AvgIpc) is 2.60. The standard InChI is InChI=1S/C19H20N2O2S/c1-2-21(12-14-6-4-3-5-7-14)19(23)11-15-8-9-17-16(10-15)20-18(22)13-24-17/h3-10H,2,11-13H2,1H3,(H,20,22). The number of benzene rings is 2. The topological polar surface area (TPSA) is 49.4 Å². The third-order valence-electron chi connectivity index (χ3n) is 3.98. The summed E-state index contributed by atoms with van der Waals surface area (Å²) in [6.07, 6.45) is 0.342. The number of thioether (sulfide) groups is 1. The third-order valence-corrected chi connectivity index (χ3v) is 5.06. The van der Waals surface area contributed by atoms with E-state index >= 15 is 0 Å². The van der Waals surface area contributed by atoms with Gasteiger partial charge >= 0.3 is 0 Å². The van der Waals surface area contributed by atoms with Crippen LogP contribution in [0, 0.1) is 0 Å². The normalized spacial score (nSPS) is 13.1. The maximum atomic E-state index is 12.6. The van der Waals surface area contributed by atoms with Crippen molar-refractivity contribution in [1.82, 2.24) is 4.90 Å². The van der Waals surface area contributed by atoms with Gasteiger partial charge in [0.05, 0.1) is 17.9 Å². The lowest BCUT2D eigenvalue weighted by molar-refractivity contribution is -0.130. The largest absolute Gasteiger partial charge is 0.338 e. The van der Waals surface area contributed by atoms with Crippen molar-refractivity contribution in [3.8, 4) is 0 Å². The molecule has 4 nitrogen and oxygen atoms in total. The second-order valence-electron chi connectivity index (χ2n) is 5.74. The molecule has 2 amide bonds. The SMILES string of the molecule is CCN(Cc1ccccc1)C(=O)Cc1ccc2c(c1)NC(=O)CS2. The number of likely N-dealkylation sites (N-methyl/N-ethyl adjacent to an activating group) is 1. The highest BCUT2D eigenvalue weighted by Gasteiger charge is 2.17. The van der Waals surface area contributed by atoms with E-state index in [0.29, 0.717) is 25.3 Å². The number of rotatable bonds is 5. The number of anilines is 1. The minimum absolute atomic E-state index is 0.00948. The second-order valence-corrected chi connectivity index (χ2v) is 6.75. The summed E-state index contributed by atoms with van der Waals surface area (Å²) in [6, 6.07) is 15.9. The molecule has 0 bridgehead atoms. The Labute approximate surface area is 146 Å². The van der Waals surface area contributed by atoms with Crippen LogP contribution in [-0.2, 0) is 22.6 Å². The van der Waals surface area contributed by atoms with E-state index in [2.05, 4.69) is 5.32 Å². The van der Waals surface area contributed by atoms with Gasteiger partial charge in [0.2, 0.25) is 11.8 Å². The number of fused-ring (bicyclic) bond motifs is 1. The first-order valence-corrected chi connectivity index (χ1v) is 9.01. The molecule has 0 aromatic heterocycles. The molecule has 124 valence electrons. The Balaban J connectivity index is 1.69. The van der Waals surface area contributed by atoms with Crippen LogP contribution in [0.3, 0.4) is 0 Å². The van der Waals surface area contributed by atoms with Crippen molar-refractivity contribution >= 4 is 29.3 Å². The number of carbonyl (C=O) groups is 2. The maximum Gasteiger partial charge on any atom is 0.234 e. The van der Waals surface area contributed by atoms with Crippen LogP contribution in [0.2, 0.25) is 0 Å². The summed E-state index contributed by atoms with van der Waals surface area (Å²) in [5, 5.41) is 2.87. The van der Waals surface area contributed by atoms with E-state index in [9.17, 15) is 9.59 Å². The maximum absolute atomic E-state index is 12.6. The van der Waals surface area contributed by atoms with Gasteiger partial charge in [-0.25, -0.2) is 0 Å². The molecule has 0 spiro atoms. The molecule has 0 unspecified atom stereocenters. The molecule has 0 atom stereocenters. The molecule has 0 saturated heterocycles. The van der Waals surface area contributed by atoms with Gasteiger partial charge in [-0.2, -0.15) is 0 Å². The van der Waals surface area contributed by atoms with Crippen molar-refractivity contribution in [2.45, 2.75) is 24.8 Å². The van der Waals surface area contributed by atoms with Gasteiger partial charge < -0.3 is 10.2 Å². The van der Waals surface area contributed by atoms with Crippen molar-refractivity contribution in [2.75, 3.05) is 17.6 Å². The summed E-state index contributed by atoms with van der Waals surface area (Å²) in [6.45, 7) is 3.28. The monoisotopic (exact) mass is 340 g/mol. The Morgan fingerprint density at radius 2 is 1.96 bits per heavy atom. The van der Waals surface area contributed by atoms with Crippen LogP contribution in [-0.4, -0.2) is 29.0 Å². The third kappa shape index (κ3) is 3.97. The molecular weight excluding hydrogens is 320 g/mol. The number of carbonyl (C=O) groups excluding carboxylic acids is 2. The van der Waals surface area contributed by atoms with Gasteiger partial charge in [-0.15, -0.1) is 11.8 Å². The Kier molecular flexibility index (Phi) is 5.20. The Hall–Kier alpha value is -2.27. The lowest BCUT2D eigenvalue weighted by atomic mass is 10.1. The number of amides is 2. The predicted octanol–water partition coefficient (Wildman–Crippen LogP) is 3.32. The zero-order chi connectivity index (χ0) is 16.9. The summed E-state index contributed by atoms with van der Waals surface area (Å²) in [4.78, 5) is 27.0. The highest BCUT2D eigenvalue weighted by Crippen LogP contribution is 2.32. The molecular formula is C19H20N2O2S. The van der Waals surface area contributed by atoms with Gasteiger partial charge in [0.15, 0.2) is 0 Å². The molecule has 2 aromatic rings. The van der Waals surface area contributed by atoms with Gasteiger partial charge in [0.25, 0.3) is 0 Å². The molecule has 0 fully saturated rings. The fourth-order valence-electron chi connectivity index (χ4n) is 2.71. The van der Waals surface area contributed by atoms with Crippen LogP contribution in [0.15, 0.2) is 53.4 Å². The average molecular weight is 340 g/mol. The lowest BCUT2D eigenvalue weighted by Crippen LogP contribution is -2.31. The van der Waals surface area contributed by atoms with Gasteiger partial charge in [0.1, 0.15) is 0 Å². The van der Waals surface area contributed by atoms with E-state index in [0.717, 1.165) is 21.7 Å². The van der Waals surface area contributed by atoms with E-state index < -0.39 is 0 Å². The first kappa shape index (κ1) is 16.6. The van der Waals surface area contributed by atoms with Crippen molar-refractivity contribution in [3.63, 3.8) is 0 Å². The first-order valence-electron chi connectivity index (χ1n) is 8.03. The van der Waals surface area contributed by atoms with Gasteiger partial charge in [0, 0.05) is 18.0 Å². The van der Waals surface area contributed by atoms with Crippen LogP contribution < -0.4 is 5.32 Å². The smallest absolute Gasteiger partial charge is 0.234 e. The molecule has 0 radical (unpaired) electrons. The predicted molar refractivity (Wildman–Crippen MR) is 97.0 cm³/mol. The minimum Gasteiger partial charge on any atom is -0.338 e. The quantitative estimate of drug-likeness (QED) is 0.908. The molecule has 0 saturated carbocycles. The van der Waals surface area contributed by atoms with Crippen molar-refractivity contribution in [3.05, 3.63) is 59.7 Å². The van der Waals surface area contributed by atoms with E-state index in [1.807, 2.05) is 60.4 Å². The van der Waals surface area contributed by atoms with E-state index in [1.54, 1.807) is 0 Å². The van der Waals surface area contributed by atoms with Crippen LogP contribution >= 0.6 is 11.8 Å². The summed E-state index contributed by atoms with van der Waals surface area (Å²) in [5.41, 5.74) is 2.86. The lowest BCUT2D eigenvalue weighted by Gasteiger charge is -2.22. The van der Waals surface area contributed by atoms with E-state index in [1.165, 1.54) is 11.8 Å². The number of hydrogen-bond donors (Lipinski definition) is 1. The fraction of sp³-hybridized carbons (Fsp3) is 0.263. The molecule has 1 aliphatic heterocycles. The summed E-state index contributed by atoms with van der Waals surface area (Å²) in [7, 11) is 0. The summed E-state index contributed by atoms with van der Waals surface area (Å²) in [5.74, 6) is 0.553. The zero-order valence-corrected chi connectivity index (χ0v) is 14.4. The van der Waals surface area contributed by atoms with Crippen LogP contribution in [0.25, 0.3) is 0 Å². The van der Waals surface area contributed by atoms with Crippen LogP contribution in [0.4, 0.5) is 5.69 Å². The molecule has 2 aromatic carbocycles. The van der Waals surface area contributed by atoms with E-state index in [4.69, 9.17) is 0 Å². The Morgan fingerprint density at radius 3 is 2.71 bits per heavy atom. The molecule has 24 heavy (non-hydrogen) atoms. The van der Waals surface area contributed by atoms with Crippen LogP contribution in [0.5, 0.6) is 0 Å². The van der Waals surface area contributed by atoms with Crippen LogP contribution in [0.1, 0.15) is 18.1 Å². The van der Waals surface area contributed by atoms with Crippen molar-refractivity contribution in [1.29, 1.82) is 0 Å². The molecule has 3 rings (SSSR count). The fourth-order valence-corrected chi connectivity index (χ4v) is 3.50. The van der Waals surface area contributed by atoms with E-state index in [-0.39, 0.29) is 11.8 Å². The van der Waals surface area contributed by atoms with Gasteiger partial charge in [-0.1, -0.05) is 36.4 Å². The molecule has 1 N–H and O–H groups in total. The molecule has 0 aliphatic carbocycles. The highest BCUT2D eigenvalue weighted by atomic mass is 32.2. The Bertz CT molecular complexity index is 746. The van der Waals surface area contributed by atoms with Gasteiger partial charge in [-0.05, 0) is 30.2 Å². The molecule has 5 heteroatoms. The number of nitrogens with one attached hydrogen (secondary N) is 1. The minimum atomic E-state index is 0.00948.